The lowest BCUT2D eigenvalue weighted by Crippen LogP contribution is -2.07. The van der Waals surface area contributed by atoms with Gasteiger partial charge in [-0.25, -0.2) is 9.67 Å². The number of rotatable bonds is 6. The Morgan fingerprint density at radius 1 is 1.21 bits per heavy atom. The second kappa shape index (κ2) is 8.76. The Morgan fingerprint density at radius 3 is 2.93 bits per heavy atom. The highest BCUT2D eigenvalue weighted by atomic mass is 35.5. The third-order valence-corrected chi connectivity index (χ3v) is 5.11. The number of carbonyl (C=O) groups excluding carboxylic acids is 1. The number of amides is 1. The molecule has 0 bridgehead atoms. The first-order valence-electron chi connectivity index (χ1n) is 8.67. The molecule has 4 aromatic rings. The van der Waals surface area contributed by atoms with E-state index in [1.165, 1.54) is 23.7 Å². The molecule has 0 aliphatic carbocycles. The number of nitrogens with one attached hydrogen (secondary N) is 1. The van der Waals surface area contributed by atoms with Crippen molar-refractivity contribution in [3.8, 4) is 5.69 Å². The third-order valence-electron chi connectivity index (χ3n) is 3.96. The van der Waals surface area contributed by atoms with E-state index in [4.69, 9.17) is 11.6 Å². The molecular weight excluding hydrogens is 408 g/mol. The number of anilines is 1. The minimum Gasteiger partial charge on any atom is -0.298 e. The number of nitrogens with zero attached hydrogens (tertiary/aromatic N) is 5. The zero-order valence-electron chi connectivity index (χ0n) is 15.1. The van der Waals surface area contributed by atoms with Crippen LogP contribution in [0.25, 0.3) is 11.8 Å². The maximum Gasteiger partial charge on any atom is 0.250 e. The molecule has 2 heterocycles. The van der Waals surface area contributed by atoms with Gasteiger partial charge in [0.05, 0.1) is 5.69 Å². The van der Waals surface area contributed by atoms with Crippen molar-refractivity contribution in [1.82, 2.24) is 25.2 Å². The smallest absolute Gasteiger partial charge is 0.250 e. The zero-order chi connectivity index (χ0) is 20.1. The molecule has 29 heavy (non-hydrogen) atoms. The lowest BCUT2D eigenvalue weighted by Gasteiger charge is -2.00. The Labute approximate surface area is 175 Å². The number of halogens is 1. The molecule has 0 aliphatic heterocycles. The van der Waals surface area contributed by atoms with E-state index in [0.29, 0.717) is 16.6 Å². The predicted molar refractivity (Wildman–Crippen MR) is 113 cm³/mol. The van der Waals surface area contributed by atoms with Gasteiger partial charge in [-0.05, 0) is 51.9 Å². The Kier molecular flexibility index (Phi) is 5.73. The van der Waals surface area contributed by atoms with Crippen LogP contribution in [0.1, 0.15) is 16.0 Å². The van der Waals surface area contributed by atoms with Gasteiger partial charge in [0.25, 0.3) is 0 Å². The highest BCUT2D eigenvalue weighted by Crippen LogP contribution is 2.22. The molecule has 0 unspecified atom stereocenters. The predicted octanol–water partition coefficient (Wildman–Crippen LogP) is 4.01. The van der Waals surface area contributed by atoms with E-state index >= 15 is 0 Å². The van der Waals surface area contributed by atoms with Crippen molar-refractivity contribution < 1.29 is 4.79 Å². The van der Waals surface area contributed by atoms with E-state index in [2.05, 4.69) is 25.8 Å². The molecule has 0 saturated carbocycles. The first kappa shape index (κ1) is 19.0. The normalized spacial score (nSPS) is 11.1. The summed E-state index contributed by atoms with van der Waals surface area (Å²) in [7, 11) is 0. The zero-order valence-corrected chi connectivity index (χ0v) is 16.6. The summed E-state index contributed by atoms with van der Waals surface area (Å²) in [5, 5.41) is 15.1. The van der Waals surface area contributed by atoms with Gasteiger partial charge in [-0.3, -0.25) is 10.1 Å². The van der Waals surface area contributed by atoms with Crippen LogP contribution in [-0.2, 0) is 11.2 Å². The first-order chi connectivity index (χ1) is 14.2. The lowest BCUT2D eigenvalue weighted by molar-refractivity contribution is -0.111. The Morgan fingerprint density at radius 2 is 2.10 bits per heavy atom. The number of hydrogen-bond acceptors (Lipinski definition) is 6. The van der Waals surface area contributed by atoms with Gasteiger partial charge in [0, 0.05) is 28.6 Å². The average molecular weight is 423 g/mol. The monoisotopic (exact) mass is 422 g/mol. The fourth-order valence-corrected chi connectivity index (χ4v) is 3.73. The standard InChI is InChI=1S/C20H15ClN6OS/c21-16-5-1-4-15(9-16)11-18-12-22-20(29-18)24-19(28)8-7-14-3-2-6-17(10-14)27-13-23-25-26-27/h1-10,12-13H,11H2,(H,22,24,28)/b8-7+. The molecule has 0 radical (unpaired) electrons. The van der Waals surface area contributed by atoms with Gasteiger partial charge in [0.15, 0.2) is 5.13 Å². The number of thiazole rings is 1. The number of aromatic nitrogens is 5. The fraction of sp³-hybridized carbons (Fsp3) is 0.0500. The van der Waals surface area contributed by atoms with Crippen molar-refractivity contribution in [2.45, 2.75) is 6.42 Å². The van der Waals surface area contributed by atoms with Gasteiger partial charge in [-0.2, -0.15) is 0 Å². The van der Waals surface area contributed by atoms with Crippen molar-refractivity contribution in [2.75, 3.05) is 5.32 Å². The van der Waals surface area contributed by atoms with Crippen molar-refractivity contribution in [3.63, 3.8) is 0 Å². The second-order valence-electron chi connectivity index (χ2n) is 6.11. The molecule has 0 fully saturated rings. The summed E-state index contributed by atoms with van der Waals surface area (Å²) in [6.45, 7) is 0. The Balaban J connectivity index is 1.38. The van der Waals surface area contributed by atoms with Crippen LogP contribution in [0.15, 0.2) is 67.1 Å². The van der Waals surface area contributed by atoms with Crippen LogP contribution >= 0.6 is 22.9 Å². The van der Waals surface area contributed by atoms with Crippen molar-refractivity contribution in [3.05, 3.63) is 88.2 Å². The molecule has 1 amide bonds. The van der Waals surface area contributed by atoms with Crippen molar-refractivity contribution >= 4 is 40.1 Å². The Hall–Kier alpha value is -3.36. The molecule has 4 rings (SSSR count). The molecule has 0 aliphatic rings. The molecule has 0 atom stereocenters. The van der Waals surface area contributed by atoms with E-state index in [9.17, 15) is 4.79 Å². The molecule has 0 spiro atoms. The van der Waals surface area contributed by atoms with Crippen LogP contribution in [-0.4, -0.2) is 31.1 Å². The Bertz CT molecular complexity index is 1160. The van der Waals surface area contributed by atoms with Crippen molar-refractivity contribution in [1.29, 1.82) is 0 Å². The SMILES string of the molecule is O=C(/C=C/c1cccc(-n2cnnn2)c1)Nc1ncc(Cc2cccc(Cl)c2)s1. The topological polar surface area (TPSA) is 85.6 Å². The van der Waals surface area contributed by atoms with Gasteiger partial charge in [0.2, 0.25) is 5.91 Å². The average Bonchev–Trinajstić information content (AvgIpc) is 3.39. The molecular formula is C20H15ClN6OS. The highest BCUT2D eigenvalue weighted by molar-refractivity contribution is 7.15. The van der Waals surface area contributed by atoms with Gasteiger partial charge >= 0.3 is 0 Å². The van der Waals surface area contributed by atoms with Crippen molar-refractivity contribution in [2.24, 2.45) is 0 Å². The molecule has 2 aromatic heterocycles. The van der Waals surface area contributed by atoms with Crippen LogP contribution in [0.2, 0.25) is 5.02 Å². The summed E-state index contributed by atoms with van der Waals surface area (Å²) in [4.78, 5) is 17.5. The van der Waals surface area contributed by atoms with E-state index in [-0.39, 0.29) is 5.91 Å². The van der Waals surface area contributed by atoms with Crippen LogP contribution < -0.4 is 5.32 Å². The molecule has 7 nitrogen and oxygen atoms in total. The van der Waals surface area contributed by atoms with E-state index in [1.54, 1.807) is 17.0 Å². The van der Waals surface area contributed by atoms with Crippen LogP contribution in [0.5, 0.6) is 0 Å². The number of hydrogen-bond donors (Lipinski definition) is 1. The third kappa shape index (κ3) is 5.13. The summed E-state index contributed by atoms with van der Waals surface area (Å²) < 4.78 is 1.55. The summed E-state index contributed by atoms with van der Waals surface area (Å²) in [5.41, 5.74) is 2.76. The minimum absolute atomic E-state index is 0.249. The van der Waals surface area contributed by atoms with Gasteiger partial charge in [-0.15, -0.1) is 16.4 Å². The fourth-order valence-electron chi connectivity index (χ4n) is 2.66. The first-order valence-corrected chi connectivity index (χ1v) is 9.87. The number of carbonyl (C=O) groups is 1. The summed E-state index contributed by atoms with van der Waals surface area (Å²) in [6, 6.07) is 15.2. The van der Waals surface area contributed by atoms with Crippen LogP contribution in [0.3, 0.4) is 0 Å². The summed E-state index contributed by atoms with van der Waals surface area (Å²) in [6.07, 6.45) is 7.19. The van der Waals surface area contributed by atoms with E-state index in [0.717, 1.165) is 21.7 Å². The molecule has 0 saturated heterocycles. The maximum atomic E-state index is 12.2. The second-order valence-corrected chi connectivity index (χ2v) is 7.66. The van der Waals surface area contributed by atoms with Gasteiger partial charge < -0.3 is 0 Å². The maximum absolute atomic E-state index is 12.2. The lowest BCUT2D eigenvalue weighted by atomic mass is 10.1. The number of tetrazole rings is 1. The van der Waals surface area contributed by atoms with Gasteiger partial charge in [0.1, 0.15) is 6.33 Å². The summed E-state index contributed by atoms with van der Waals surface area (Å²) in [5.74, 6) is -0.249. The molecule has 9 heteroatoms. The molecule has 2 aromatic carbocycles. The highest BCUT2D eigenvalue weighted by Gasteiger charge is 2.06. The van der Waals surface area contributed by atoms with E-state index < -0.39 is 0 Å². The minimum atomic E-state index is -0.249. The summed E-state index contributed by atoms with van der Waals surface area (Å²) >= 11 is 7.46. The number of benzene rings is 2. The van der Waals surface area contributed by atoms with Crippen LogP contribution in [0.4, 0.5) is 5.13 Å². The van der Waals surface area contributed by atoms with Gasteiger partial charge in [-0.1, -0.05) is 35.9 Å². The van der Waals surface area contributed by atoms with Crippen LogP contribution in [0, 0.1) is 0 Å². The molecule has 1 N–H and O–H groups in total. The largest absolute Gasteiger partial charge is 0.298 e. The molecule has 144 valence electrons. The van der Waals surface area contributed by atoms with E-state index in [1.807, 2.05) is 48.5 Å². The quantitative estimate of drug-likeness (QED) is 0.474.